The van der Waals surface area contributed by atoms with E-state index in [2.05, 4.69) is 5.10 Å². The average Bonchev–Trinajstić information content (AvgIpc) is 2.66. The van der Waals surface area contributed by atoms with Crippen LogP contribution in [-0.2, 0) is 18.3 Å². The van der Waals surface area contributed by atoms with Crippen LogP contribution in [0, 0.1) is 0 Å². The van der Waals surface area contributed by atoms with Gasteiger partial charge in [0.25, 0.3) is 0 Å². The summed E-state index contributed by atoms with van der Waals surface area (Å²) in [5, 5.41) is 5.52. The summed E-state index contributed by atoms with van der Waals surface area (Å²) in [5.41, 5.74) is 7.63. The molecule has 0 spiro atoms. The summed E-state index contributed by atoms with van der Waals surface area (Å²) in [6, 6.07) is 8.18. The number of carbonyl (C=O) groups is 1. The number of para-hydroxylation sites is 1. The number of ketones is 1. The lowest BCUT2D eigenvalue weighted by atomic mass is 10.0. The summed E-state index contributed by atoms with van der Waals surface area (Å²) in [5.74, 6) is 0.240. The van der Waals surface area contributed by atoms with Crippen LogP contribution in [0.3, 0.4) is 0 Å². The van der Waals surface area contributed by atoms with Crippen molar-refractivity contribution in [2.24, 2.45) is 12.8 Å². The molecule has 1 aromatic carbocycles. The SMILES string of the molecule is CC(N)CCCC(=O)Cc1nn(C)c2ccccc12. The number of aryl methyl sites for hydroxylation is 1. The van der Waals surface area contributed by atoms with E-state index in [1.54, 1.807) is 0 Å². The second-order valence-corrected chi connectivity index (χ2v) is 5.17. The normalized spacial score (nSPS) is 12.8. The number of carbonyl (C=O) groups excluding carboxylic acids is 1. The van der Waals surface area contributed by atoms with Crippen molar-refractivity contribution in [2.45, 2.75) is 38.6 Å². The molecule has 4 nitrogen and oxygen atoms in total. The molecule has 0 aliphatic rings. The predicted molar refractivity (Wildman–Crippen MR) is 76.9 cm³/mol. The van der Waals surface area contributed by atoms with Crippen molar-refractivity contribution in [1.29, 1.82) is 0 Å². The molecule has 0 aliphatic heterocycles. The highest BCUT2D eigenvalue weighted by Gasteiger charge is 2.12. The summed E-state index contributed by atoms with van der Waals surface area (Å²) >= 11 is 0. The fourth-order valence-corrected chi connectivity index (χ4v) is 2.32. The summed E-state index contributed by atoms with van der Waals surface area (Å²) in [4.78, 5) is 12.0. The van der Waals surface area contributed by atoms with E-state index in [0.29, 0.717) is 12.8 Å². The molecule has 19 heavy (non-hydrogen) atoms. The number of Topliss-reactive ketones (excluding diaryl/α,β-unsaturated/α-hetero) is 1. The van der Waals surface area contributed by atoms with E-state index in [-0.39, 0.29) is 11.8 Å². The van der Waals surface area contributed by atoms with Gasteiger partial charge >= 0.3 is 0 Å². The van der Waals surface area contributed by atoms with Crippen LogP contribution in [0.1, 0.15) is 31.9 Å². The van der Waals surface area contributed by atoms with Crippen molar-refractivity contribution in [3.63, 3.8) is 0 Å². The lowest BCUT2D eigenvalue weighted by Crippen LogP contribution is -2.15. The molecule has 4 heteroatoms. The molecule has 0 saturated heterocycles. The zero-order chi connectivity index (χ0) is 13.8. The molecule has 2 aromatic rings. The minimum Gasteiger partial charge on any atom is -0.328 e. The highest BCUT2D eigenvalue weighted by atomic mass is 16.1. The quantitative estimate of drug-likeness (QED) is 0.865. The average molecular weight is 259 g/mol. The molecule has 0 aliphatic carbocycles. The van der Waals surface area contributed by atoms with Gasteiger partial charge in [0.15, 0.2) is 0 Å². The van der Waals surface area contributed by atoms with Gasteiger partial charge in [0.05, 0.1) is 17.6 Å². The van der Waals surface area contributed by atoms with Gasteiger partial charge in [-0.05, 0) is 25.8 Å². The van der Waals surface area contributed by atoms with E-state index in [0.717, 1.165) is 29.4 Å². The smallest absolute Gasteiger partial charge is 0.138 e. The Morgan fingerprint density at radius 3 is 2.89 bits per heavy atom. The summed E-state index contributed by atoms with van der Waals surface area (Å²) in [6.07, 6.45) is 2.77. The lowest BCUT2D eigenvalue weighted by Gasteiger charge is -2.03. The third-order valence-corrected chi connectivity index (χ3v) is 3.31. The largest absolute Gasteiger partial charge is 0.328 e. The van der Waals surface area contributed by atoms with Gasteiger partial charge in [-0.1, -0.05) is 18.2 Å². The first-order chi connectivity index (χ1) is 9.08. The molecule has 0 fully saturated rings. The molecule has 0 amide bonds. The topological polar surface area (TPSA) is 60.9 Å². The van der Waals surface area contributed by atoms with Gasteiger partial charge in [-0.15, -0.1) is 0 Å². The number of rotatable bonds is 6. The van der Waals surface area contributed by atoms with Crippen LogP contribution in [0.4, 0.5) is 0 Å². The van der Waals surface area contributed by atoms with Gasteiger partial charge in [0.1, 0.15) is 5.78 Å². The van der Waals surface area contributed by atoms with Gasteiger partial charge in [0.2, 0.25) is 0 Å². The highest BCUT2D eigenvalue weighted by Crippen LogP contribution is 2.18. The summed E-state index contributed by atoms with van der Waals surface area (Å²) < 4.78 is 1.83. The monoisotopic (exact) mass is 259 g/mol. The fraction of sp³-hybridized carbons (Fsp3) is 0.467. The van der Waals surface area contributed by atoms with Crippen molar-refractivity contribution in [3.8, 4) is 0 Å². The van der Waals surface area contributed by atoms with Crippen LogP contribution in [0.5, 0.6) is 0 Å². The fourth-order valence-electron chi connectivity index (χ4n) is 2.32. The zero-order valence-corrected chi connectivity index (χ0v) is 11.6. The number of nitrogens with zero attached hydrogens (tertiary/aromatic N) is 2. The predicted octanol–water partition coefficient (Wildman–Crippen LogP) is 2.20. The Labute approximate surface area is 113 Å². The van der Waals surface area contributed by atoms with E-state index in [9.17, 15) is 4.79 Å². The maximum absolute atomic E-state index is 12.0. The number of nitrogens with two attached hydrogens (primary N) is 1. The van der Waals surface area contributed by atoms with Crippen LogP contribution >= 0.6 is 0 Å². The number of hydrogen-bond acceptors (Lipinski definition) is 3. The minimum atomic E-state index is 0.170. The first-order valence-electron chi connectivity index (χ1n) is 6.76. The Hall–Kier alpha value is -1.68. The molecule has 0 bridgehead atoms. The van der Waals surface area contributed by atoms with Gasteiger partial charge in [-0.25, -0.2) is 0 Å². The van der Waals surface area contributed by atoms with E-state index < -0.39 is 0 Å². The van der Waals surface area contributed by atoms with Crippen LogP contribution in [-0.4, -0.2) is 21.6 Å². The molecule has 1 unspecified atom stereocenters. The third kappa shape index (κ3) is 3.41. The Morgan fingerprint density at radius 2 is 2.16 bits per heavy atom. The first-order valence-corrected chi connectivity index (χ1v) is 6.76. The Bertz CT molecular complexity index is 572. The maximum atomic E-state index is 12.0. The molecule has 2 rings (SSSR count). The van der Waals surface area contributed by atoms with Crippen molar-refractivity contribution in [3.05, 3.63) is 30.0 Å². The molecule has 2 N–H and O–H groups in total. The second kappa shape index (κ2) is 5.97. The number of fused-ring (bicyclic) bond motifs is 1. The first kappa shape index (κ1) is 13.7. The van der Waals surface area contributed by atoms with Crippen molar-refractivity contribution in [1.82, 2.24) is 9.78 Å². The van der Waals surface area contributed by atoms with Gasteiger partial charge < -0.3 is 5.73 Å². The second-order valence-electron chi connectivity index (χ2n) is 5.17. The molecule has 0 radical (unpaired) electrons. The van der Waals surface area contributed by atoms with E-state index in [1.807, 2.05) is 42.9 Å². The van der Waals surface area contributed by atoms with E-state index in [1.165, 1.54) is 0 Å². The molecule has 1 aromatic heterocycles. The third-order valence-electron chi connectivity index (χ3n) is 3.31. The number of hydrogen-bond donors (Lipinski definition) is 1. The summed E-state index contributed by atoms with van der Waals surface area (Å²) in [7, 11) is 1.91. The molecule has 1 heterocycles. The Kier molecular flexibility index (Phi) is 4.32. The van der Waals surface area contributed by atoms with Crippen LogP contribution in [0.15, 0.2) is 24.3 Å². The van der Waals surface area contributed by atoms with E-state index in [4.69, 9.17) is 5.73 Å². The van der Waals surface area contributed by atoms with Crippen molar-refractivity contribution >= 4 is 16.7 Å². The van der Waals surface area contributed by atoms with Crippen LogP contribution in [0.2, 0.25) is 0 Å². The Morgan fingerprint density at radius 1 is 1.42 bits per heavy atom. The molecular weight excluding hydrogens is 238 g/mol. The number of aromatic nitrogens is 2. The molecule has 0 saturated carbocycles. The number of benzene rings is 1. The summed E-state index contributed by atoms with van der Waals surface area (Å²) in [6.45, 7) is 1.97. The van der Waals surface area contributed by atoms with Crippen LogP contribution < -0.4 is 5.73 Å². The van der Waals surface area contributed by atoms with Gasteiger partial charge in [-0.2, -0.15) is 5.10 Å². The Balaban J connectivity index is 2.03. The van der Waals surface area contributed by atoms with Gasteiger partial charge in [-0.3, -0.25) is 9.48 Å². The maximum Gasteiger partial charge on any atom is 0.138 e. The van der Waals surface area contributed by atoms with Gasteiger partial charge in [0, 0.05) is 24.9 Å². The van der Waals surface area contributed by atoms with Crippen molar-refractivity contribution in [2.75, 3.05) is 0 Å². The van der Waals surface area contributed by atoms with Crippen molar-refractivity contribution < 1.29 is 4.79 Å². The standard InChI is InChI=1S/C15H21N3O/c1-11(16)6-5-7-12(19)10-14-13-8-3-4-9-15(13)18(2)17-14/h3-4,8-9,11H,5-7,10,16H2,1-2H3. The minimum absolute atomic E-state index is 0.170. The van der Waals surface area contributed by atoms with Crippen LogP contribution in [0.25, 0.3) is 10.9 Å². The lowest BCUT2D eigenvalue weighted by molar-refractivity contribution is -0.118. The molecular formula is C15H21N3O. The van der Waals surface area contributed by atoms with E-state index >= 15 is 0 Å². The molecule has 1 atom stereocenters. The zero-order valence-electron chi connectivity index (χ0n) is 11.6. The molecule has 102 valence electrons. The highest BCUT2D eigenvalue weighted by molar-refractivity contribution is 5.88.